The van der Waals surface area contributed by atoms with Gasteiger partial charge in [-0.25, -0.2) is 0 Å². The normalized spacial score (nSPS) is 17.2. The zero-order valence-corrected chi connectivity index (χ0v) is 13.4. The van der Waals surface area contributed by atoms with E-state index in [9.17, 15) is 9.59 Å². The van der Waals surface area contributed by atoms with Gasteiger partial charge in [0.25, 0.3) is 5.91 Å². The molecule has 0 radical (unpaired) electrons. The molecule has 0 bridgehead atoms. The summed E-state index contributed by atoms with van der Waals surface area (Å²) in [5.41, 5.74) is 1.65. The highest BCUT2D eigenvalue weighted by molar-refractivity contribution is 5.94. The Bertz CT molecular complexity index is 505. The van der Waals surface area contributed by atoms with E-state index < -0.39 is 0 Å². The molecule has 1 aliphatic rings. The molecule has 2 rings (SSSR count). The second kappa shape index (κ2) is 9.40. The average molecular weight is 328 g/mol. The van der Waals surface area contributed by atoms with Gasteiger partial charge in [-0.3, -0.25) is 9.59 Å². The Morgan fingerprint density at radius 3 is 2.91 bits per heavy atom. The second-order valence-corrected chi connectivity index (χ2v) is 4.90. The minimum Gasteiger partial charge on any atom is -0.378 e. The lowest BCUT2D eigenvalue weighted by atomic mass is 10.1. The molecule has 1 heterocycles. The number of nitrogens with one attached hydrogen (secondary N) is 3. The molecule has 1 aromatic carbocycles. The van der Waals surface area contributed by atoms with Crippen LogP contribution in [0.1, 0.15) is 15.9 Å². The monoisotopic (exact) mass is 327 g/mol. The number of amides is 2. The fraction of sp³-hybridized carbons (Fsp3) is 0.467. The standard InChI is InChI=1S/C15H21N3O3.ClH/c1-16-14(19)12-4-2-3-11(9-12)5-6-18-15(20)13-10-21-8-7-17-13;/h2-4,9,13,17H,5-8,10H2,1H3,(H,16,19)(H,18,20);1H. The van der Waals surface area contributed by atoms with Crippen LogP contribution >= 0.6 is 12.4 Å². The summed E-state index contributed by atoms with van der Waals surface area (Å²) in [5.74, 6) is -0.151. The Kier molecular flexibility index (Phi) is 7.87. The number of carbonyl (C=O) groups is 2. The lowest BCUT2D eigenvalue weighted by Gasteiger charge is -2.22. The third kappa shape index (κ3) is 5.29. The second-order valence-electron chi connectivity index (χ2n) is 4.90. The van der Waals surface area contributed by atoms with E-state index in [1.54, 1.807) is 13.1 Å². The van der Waals surface area contributed by atoms with Crippen molar-refractivity contribution in [2.45, 2.75) is 12.5 Å². The van der Waals surface area contributed by atoms with Gasteiger partial charge < -0.3 is 20.7 Å². The smallest absolute Gasteiger partial charge is 0.251 e. The summed E-state index contributed by atoms with van der Waals surface area (Å²) in [6.45, 7) is 2.30. The number of rotatable bonds is 5. The predicted molar refractivity (Wildman–Crippen MR) is 86.4 cm³/mol. The van der Waals surface area contributed by atoms with Gasteiger partial charge in [-0.1, -0.05) is 12.1 Å². The van der Waals surface area contributed by atoms with Gasteiger partial charge in [-0.2, -0.15) is 0 Å². The molecule has 2 amide bonds. The molecule has 1 unspecified atom stereocenters. The molecule has 0 saturated carbocycles. The molecule has 22 heavy (non-hydrogen) atoms. The molecule has 0 spiro atoms. The highest BCUT2D eigenvalue weighted by atomic mass is 35.5. The molecule has 1 fully saturated rings. The largest absolute Gasteiger partial charge is 0.378 e. The maximum absolute atomic E-state index is 11.9. The van der Waals surface area contributed by atoms with E-state index in [4.69, 9.17) is 4.74 Å². The van der Waals surface area contributed by atoms with Gasteiger partial charge in [-0.15, -0.1) is 12.4 Å². The van der Waals surface area contributed by atoms with Crippen LogP contribution in [0.3, 0.4) is 0 Å². The van der Waals surface area contributed by atoms with Gasteiger partial charge in [0.15, 0.2) is 0 Å². The Labute approximate surface area is 136 Å². The molecular formula is C15H22ClN3O3. The van der Waals surface area contributed by atoms with E-state index in [2.05, 4.69) is 16.0 Å². The third-order valence-electron chi connectivity index (χ3n) is 3.37. The van der Waals surface area contributed by atoms with Gasteiger partial charge in [0.1, 0.15) is 6.04 Å². The van der Waals surface area contributed by atoms with Crippen molar-refractivity contribution < 1.29 is 14.3 Å². The lowest BCUT2D eigenvalue weighted by molar-refractivity contribution is -0.125. The molecule has 1 saturated heterocycles. The van der Waals surface area contributed by atoms with E-state index in [1.165, 1.54) is 0 Å². The summed E-state index contributed by atoms with van der Waals surface area (Å²) in [6, 6.07) is 7.13. The molecule has 1 aliphatic heterocycles. The summed E-state index contributed by atoms with van der Waals surface area (Å²) in [6.07, 6.45) is 0.685. The predicted octanol–water partition coefficient (Wildman–Crippen LogP) is 0.115. The van der Waals surface area contributed by atoms with Crippen molar-refractivity contribution in [2.75, 3.05) is 33.4 Å². The molecule has 0 aromatic heterocycles. The molecule has 1 atom stereocenters. The van der Waals surface area contributed by atoms with Crippen molar-refractivity contribution in [3.05, 3.63) is 35.4 Å². The molecule has 122 valence electrons. The number of hydrogen-bond donors (Lipinski definition) is 3. The number of carbonyl (C=O) groups excluding carboxylic acids is 2. The topological polar surface area (TPSA) is 79.5 Å². The summed E-state index contributed by atoms with van der Waals surface area (Å²) in [7, 11) is 1.61. The summed E-state index contributed by atoms with van der Waals surface area (Å²) >= 11 is 0. The Morgan fingerprint density at radius 1 is 1.41 bits per heavy atom. The number of morpholine rings is 1. The minimum atomic E-state index is -0.268. The molecule has 3 N–H and O–H groups in total. The Morgan fingerprint density at radius 2 is 2.23 bits per heavy atom. The number of benzene rings is 1. The summed E-state index contributed by atoms with van der Waals surface area (Å²) in [5, 5.41) is 8.59. The first kappa shape index (κ1) is 18.4. The van der Waals surface area contributed by atoms with Crippen LogP contribution in [-0.4, -0.2) is 51.2 Å². The quantitative estimate of drug-likeness (QED) is 0.717. The van der Waals surface area contributed by atoms with Gasteiger partial charge in [-0.05, 0) is 24.1 Å². The minimum absolute atomic E-state index is 0. The SMILES string of the molecule is CNC(=O)c1cccc(CCNC(=O)C2COCCN2)c1.Cl. The van der Waals surface area contributed by atoms with E-state index >= 15 is 0 Å². The molecule has 6 nitrogen and oxygen atoms in total. The van der Waals surface area contributed by atoms with Crippen molar-refractivity contribution in [3.63, 3.8) is 0 Å². The maximum Gasteiger partial charge on any atom is 0.251 e. The fourth-order valence-corrected chi connectivity index (χ4v) is 2.20. The fourth-order valence-electron chi connectivity index (χ4n) is 2.20. The molecule has 7 heteroatoms. The van der Waals surface area contributed by atoms with Crippen molar-refractivity contribution >= 4 is 24.2 Å². The van der Waals surface area contributed by atoms with Crippen LogP contribution in [0.2, 0.25) is 0 Å². The van der Waals surface area contributed by atoms with E-state index in [0.29, 0.717) is 38.3 Å². The lowest BCUT2D eigenvalue weighted by Crippen LogP contribution is -2.51. The highest BCUT2D eigenvalue weighted by Gasteiger charge is 2.20. The van der Waals surface area contributed by atoms with Crippen molar-refractivity contribution in [1.82, 2.24) is 16.0 Å². The Balaban J connectivity index is 0.00000242. The van der Waals surface area contributed by atoms with Crippen LogP contribution in [0.5, 0.6) is 0 Å². The zero-order valence-electron chi connectivity index (χ0n) is 12.6. The van der Waals surface area contributed by atoms with Crippen LogP contribution in [-0.2, 0) is 16.0 Å². The first-order chi connectivity index (χ1) is 10.2. The zero-order chi connectivity index (χ0) is 15.1. The Hall–Kier alpha value is -1.63. The van der Waals surface area contributed by atoms with Gasteiger partial charge in [0.2, 0.25) is 5.91 Å². The van der Waals surface area contributed by atoms with Crippen molar-refractivity contribution in [1.29, 1.82) is 0 Å². The summed E-state index contributed by atoms with van der Waals surface area (Å²) < 4.78 is 5.25. The number of halogens is 1. The first-order valence-corrected chi connectivity index (χ1v) is 7.10. The first-order valence-electron chi connectivity index (χ1n) is 7.10. The van der Waals surface area contributed by atoms with Crippen LogP contribution < -0.4 is 16.0 Å². The van der Waals surface area contributed by atoms with Crippen molar-refractivity contribution in [3.8, 4) is 0 Å². The van der Waals surface area contributed by atoms with Crippen molar-refractivity contribution in [2.24, 2.45) is 0 Å². The number of ether oxygens (including phenoxy) is 1. The molecule has 0 aliphatic carbocycles. The highest BCUT2D eigenvalue weighted by Crippen LogP contribution is 2.05. The summed E-state index contributed by atoms with van der Waals surface area (Å²) in [4.78, 5) is 23.4. The molecule has 1 aromatic rings. The number of hydrogen-bond acceptors (Lipinski definition) is 4. The van der Waals surface area contributed by atoms with Gasteiger partial charge in [0.05, 0.1) is 13.2 Å². The van der Waals surface area contributed by atoms with E-state index in [0.717, 1.165) is 5.56 Å². The van der Waals surface area contributed by atoms with E-state index in [1.807, 2.05) is 18.2 Å². The molecular weight excluding hydrogens is 306 g/mol. The average Bonchev–Trinajstić information content (AvgIpc) is 2.55. The van der Waals surface area contributed by atoms with Crippen LogP contribution in [0, 0.1) is 0 Å². The van der Waals surface area contributed by atoms with Crippen LogP contribution in [0.4, 0.5) is 0 Å². The van der Waals surface area contributed by atoms with Gasteiger partial charge in [0, 0.05) is 25.7 Å². The third-order valence-corrected chi connectivity index (χ3v) is 3.37. The van der Waals surface area contributed by atoms with Crippen LogP contribution in [0.25, 0.3) is 0 Å². The van der Waals surface area contributed by atoms with Gasteiger partial charge >= 0.3 is 0 Å². The van der Waals surface area contributed by atoms with E-state index in [-0.39, 0.29) is 30.3 Å². The van der Waals surface area contributed by atoms with Crippen LogP contribution in [0.15, 0.2) is 24.3 Å². The maximum atomic E-state index is 11.9.